The molecule has 1 unspecified atom stereocenters. The van der Waals surface area contributed by atoms with Crippen LogP contribution >= 0.6 is 0 Å². The minimum atomic E-state index is 0.527. The third kappa shape index (κ3) is 4.78. The molecule has 2 aliphatic rings. The summed E-state index contributed by atoms with van der Waals surface area (Å²) in [4.78, 5) is 0. The van der Waals surface area contributed by atoms with Gasteiger partial charge in [0.05, 0.1) is 0 Å². The van der Waals surface area contributed by atoms with E-state index < -0.39 is 0 Å². The Morgan fingerprint density at radius 1 is 0.583 bits per heavy atom. The molecule has 1 atom stereocenters. The number of hydrogen-bond acceptors (Lipinski definition) is 0. The third-order valence-corrected chi connectivity index (χ3v) is 8.64. The van der Waals surface area contributed by atoms with Crippen LogP contribution in [-0.2, 0) is 0 Å². The predicted molar refractivity (Wildman–Crippen MR) is 160 cm³/mol. The van der Waals surface area contributed by atoms with Gasteiger partial charge in [-0.1, -0.05) is 116 Å². The second-order valence-electron chi connectivity index (χ2n) is 12.6. The molecule has 0 spiro atoms. The highest BCUT2D eigenvalue weighted by Gasteiger charge is 2.36. The van der Waals surface area contributed by atoms with Crippen LogP contribution in [0.3, 0.4) is 0 Å². The van der Waals surface area contributed by atoms with Crippen molar-refractivity contribution in [1.29, 1.82) is 0 Å². The molecule has 4 rings (SSSR count). The fraction of sp³-hybridized carbons (Fsp3) is 0.500. The van der Waals surface area contributed by atoms with Gasteiger partial charge in [0.2, 0.25) is 0 Å². The maximum absolute atomic E-state index is 2.51. The Kier molecular flexibility index (Phi) is 7.76. The van der Waals surface area contributed by atoms with Crippen LogP contribution in [-0.4, -0.2) is 0 Å². The van der Waals surface area contributed by atoms with E-state index >= 15 is 0 Å². The van der Waals surface area contributed by atoms with Crippen LogP contribution in [0.5, 0.6) is 0 Å². The molecule has 2 aromatic carbocycles. The van der Waals surface area contributed by atoms with Gasteiger partial charge < -0.3 is 0 Å². The van der Waals surface area contributed by atoms with Crippen molar-refractivity contribution in [2.75, 3.05) is 0 Å². The van der Waals surface area contributed by atoms with Crippen molar-refractivity contribution < 1.29 is 0 Å². The largest absolute Gasteiger partial charge is 0.0651 e. The highest BCUT2D eigenvalue weighted by Crippen LogP contribution is 2.50. The summed E-state index contributed by atoms with van der Waals surface area (Å²) in [7, 11) is 0. The Bertz CT molecular complexity index is 1180. The van der Waals surface area contributed by atoms with Crippen LogP contribution in [0.2, 0.25) is 0 Å². The SMILES string of the molecule is CCC(C[C]1C(C)=Cc2c1cc(C(C)C)cc2C(C)C)[C]1C(C)=Cc2c1cc(C(C)C)cc2C(C)C. The third-order valence-electron chi connectivity index (χ3n) is 8.64. The van der Waals surface area contributed by atoms with E-state index in [0.29, 0.717) is 29.6 Å². The van der Waals surface area contributed by atoms with Gasteiger partial charge >= 0.3 is 0 Å². The molecule has 0 saturated heterocycles. The molecule has 0 amide bonds. The maximum atomic E-state index is 2.51. The highest BCUT2D eigenvalue weighted by molar-refractivity contribution is 5.78. The summed E-state index contributed by atoms with van der Waals surface area (Å²) in [6.07, 6.45) is 7.24. The highest BCUT2D eigenvalue weighted by atomic mass is 14.4. The van der Waals surface area contributed by atoms with Crippen LogP contribution in [0.1, 0.15) is 157 Å². The van der Waals surface area contributed by atoms with Crippen LogP contribution in [0, 0.1) is 17.8 Å². The fourth-order valence-corrected chi connectivity index (χ4v) is 6.35. The van der Waals surface area contributed by atoms with Crippen LogP contribution in [0.25, 0.3) is 12.2 Å². The monoisotopic (exact) mass is 480 g/mol. The van der Waals surface area contributed by atoms with Crippen molar-refractivity contribution in [2.45, 2.75) is 113 Å². The molecule has 0 bridgehead atoms. The van der Waals surface area contributed by atoms with Crippen molar-refractivity contribution in [1.82, 2.24) is 0 Å². The molecule has 0 heterocycles. The summed E-state index contributed by atoms with van der Waals surface area (Å²) in [5.74, 6) is 5.84. The van der Waals surface area contributed by atoms with E-state index in [0.717, 1.165) is 12.8 Å². The number of allylic oxidation sites excluding steroid dienone is 2. The van der Waals surface area contributed by atoms with Gasteiger partial charge in [-0.3, -0.25) is 0 Å². The number of benzene rings is 2. The van der Waals surface area contributed by atoms with E-state index in [2.05, 4.69) is 113 Å². The zero-order chi connectivity index (χ0) is 26.5. The van der Waals surface area contributed by atoms with Crippen molar-refractivity contribution in [3.05, 3.63) is 91.8 Å². The number of hydrogen-bond donors (Lipinski definition) is 0. The summed E-state index contributed by atoms with van der Waals surface area (Å²) in [6, 6.07) is 9.96. The standard InChI is InChI=1S/C36H48/c1-12-26(36-25(11)14-33-30(23(8)9)17-28(21(4)5)19-35(33)36)15-31-24(10)13-32-29(22(6)7)16-27(20(2)3)18-34(31)32/h13-14,16-23,26H,12,15H2,1-11H3. The average molecular weight is 481 g/mol. The van der Waals surface area contributed by atoms with E-state index in [9.17, 15) is 0 Å². The lowest BCUT2D eigenvalue weighted by molar-refractivity contribution is 0.531. The Morgan fingerprint density at radius 2 is 1.06 bits per heavy atom. The van der Waals surface area contributed by atoms with Gasteiger partial charge in [0.1, 0.15) is 0 Å². The van der Waals surface area contributed by atoms with Crippen molar-refractivity contribution in [3.63, 3.8) is 0 Å². The van der Waals surface area contributed by atoms with Gasteiger partial charge in [0, 0.05) is 11.8 Å². The Labute approximate surface area is 222 Å². The quantitative estimate of drug-likeness (QED) is 0.352. The molecule has 2 radical (unpaired) electrons. The smallest absolute Gasteiger partial charge is 0.0333 e. The normalized spacial score (nSPS) is 16.9. The molecular formula is C36H48. The van der Waals surface area contributed by atoms with E-state index in [1.807, 2.05) is 0 Å². The average Bonchev–Trinajstić information content (AvgIpc) is 3.30. The van der Waals surface area contributed by atoms with Crippen LogP contribution in [0.15, 0.2) is 35.4 Å². The Balaban J connectivity index is 1.76. The van der Waals surface area contributed by atoms with Crippen molar-refractivity contribution in [3.8, 4) is 0 Å². The number of rotatable bonds is 8. The van der Waals surface area contributed by atoms with E-state index in [1.165, 1.54) is 55.7 Å². The summed E-state index contributed by atoms with van der Waals surface area (Å²) in [5, 5.41) is 0. The molecule has 0 nitrogen and oxygen atoms in total. The Morgan fingerprint density at radius 3 is 1.53 bits per heavy atom. The summed E-state index contributed by atoms with van der Waals surface area (Å²) in [6.45, 7) is 25.8. The number of fused-ring (bicyclic) bond motifs is 2. The molecule has 0 N–H and O–H groups in total. The molecule has 2 aliphatic carbocycles. The first-order valence-electron chi connectivity index (χ1n) is 14.4. The van der Waals surface area contributed by atoms with Gasteiger partial charge in [-0.2, -0.15) is 0 Å². The predicted octanol–water partition coefficient (Wildman–Crippen LogP) is 11.0. The van der Waals surface area contributed by atoms with Crippen LogP contribution in [0.4, 0.5) is 0 Å². The molecule has 0 fully saturated rings. The maximum Gasteiger partial charge on any atom is 0.0333 e. The lowest BCUT2D eigenvalue weighted by Gasteiger charge is -2.29. The minimum Gasteiger partial charge on any atom is -0.0651 e. The summed E-state index contributed by atoms with van der Waals surface area (Å²) < 4.78 is 0. The minimum absolute atomic E-state index is 0.527. The molecule has 36 heavy (non-hydrogen) atoms. The van der Waals surface area contributed by atoms with Gasteiger partial charge in [0.15, 0.2) is 0 Å². The van der Waals surface area contributed by atoms with Gasteiger partial charge in [-0.25, -0.2) is 0 Å². The van der Waals surface area contributed by atoms with E-state index in [1.54, 1.807) is 11.8 Å². The first-order chi connectivity index (χ1) is 16.9. The lowest BCUT2D eigenvalue weighted by Crippen LogP contribution is -2.18. The zero-order valence-electron chi connectivity index (χ0n) is 24.8. The van der Waals surface area contributed by atoms with Gasteiger partial charge in [-0.05, 0) is 94.4 Å². The Hall–Kier alpha value is -2.08. The van der Waals surface area contributed by atoms with Crippen LogP contribution < -0.4 is 0 Å². The lowest BCUT2D eigenvalue weighted by atomic mass is 9.74. The summed E-state index contributed by atoms with van der Waals surface area (Å²) >= 11 is 0. The van der Waals surface area contributed by atoms with Gasteiger partial charge in [0.25, 0.3) is 0 Å². The van der Waals surface area contributed by atoms with Crippen molar-refractivity contribution >= 4 is 12.2 Å². The molecule has 192 valence electrons. The molecule has 0 aliphatic heterocycles. The second-order valence-corrected chi connectivity index (χ2v) is 12.6. The molecule has 2 aromatic rings. The first-order valence-corrected chi connectivity index (χ1v) is 14.4. The fourth-order valence-electron chi connectivity index (χ4n) is 6.35. The first kappa shape index (κ1) is 27.0. The second kappa shape index (κ2) is 10.4. The molecular weight excluding hydrogens is 432 g/mol. The molecule has 0 heteroatoms. The topological polar surface area (TPSA) is 0 Å². The van der Waals surface area contributed by atoms with E-state index in [4.69, 9.17) is 0 Å². The van der Waals surface area contributed by atoms with Gasteiger partial charge in [-0.15, -0.1) is 0 Å². The van der Waals surface area contributed by atoms with Crippen molar-refractivity contribution in [2.24, 2.45) is 5.92 Å². The van der Waals surface area contributed by atoms with E-state index in [-0.39, 0.29) is 0 Å². The zero-order valence-corrected chi connectivity index (χ0v) is 24.8. The molecule has 0 saturated carbocycles. The summed E-state index contributed by atoms with van der Waals surface area (Å²) in [5.41, 5.74) is 14.9. The molecule has 0 aromatic heterocycles.